The lowest BCUT2D eigenvalue weighted by Crippen LogP contribution is -2.25. The summed E-state index contributed by atoms with van der Waals surface area (Å²) < 4.78 is 1.44. The van der Waals surface area contributed by atoms with Gasteiger partial charge in [-0.15, -0.1) is 0 Å². The van der Waals surface area contributed by atoms with Crippen molar-refractivity contribution in [2.24, 2.45) is 0 Å². The molecule has 7 nitrogen and oxygen atoms in total. The highest BCUT2D eigenvalue weighted by atomic mass is 16.3. The summed E-state index contributed by atoms with van der Waals surface area (Å²) in [5.41, 5.74) is 3.98. The zero-order valence-electron chi connectivity index (χ0n) is 15.6. The van der Waals surface area contributed by atoms with Crippen molar-refractivity contribution in [3.05, 3.63) is 71.3 Å². The molecule has 0 aliphatic carbocycles. The van der Waals surface area contributed by atoms with Crippen molar-refractivity contribution >= 4 is 10.9 Å². The Bertz CT molecular complexity index is 1190. The average Bonchev–Trinajstić information content (AvgIpc) is 2.74. The Morgan fingerprint density at radius 2 is 2.00 bits per heavy atom. The smallest absolute Gasteiger partial charge is 0.261 e. The Morgan fingerprint density at radius 3 is 2.68 bits per heavy atom. The maximum absolute atomic E-state index is 13.1. The Labute approximate surface area is 161 Å². The van der Waals surface area contributed by atoms with E-state index >= 15 is 0 Å². The van der Waals surface area contributed by atoms with Gasteiger partial charge in [0, 0.05) is 35.4 Å². The van der Waals surface area contributed by atoms with E-state index in [1.54, 1.807) is 31.6 Å². The van der Waals surface area contributed by atoms with Crippen LogP contribution in [0.5, 0.6) is 0 Å². The van der Waals surface area contributed by atoms with Crippen LogP contribution in [0.3, 0.4) is 0 Å². The second kappa shape index (κ2) is 7.28. The van der Waals surface area contributed by atoms with E-state index in [0.29, 0.717) is 22.3 Å². The number of fused-ring (bicyclic) bond motifs is 1. The van der Waals surface area contributed by atoms with Gasteiger partial charge in [-0.3, -0.25) is 19.3 Å². The number of rotatable bonds is 4. The Morgan fingerprint density at radius 1 is 1.14 bits per heavy atom. The van der Waals surface area contributed by atoms with Crippen molar-refractivity contribution in [1.82, 2.24) is 24.5 Å². The molecule has 4 aromatic heterocycles. The zero-order valence-corrected chi connectivity index (χ0v) is 15.6. The molecule has 0 aliphatic heterocycles. The number of aromatic nitrogens is 5. The largest absolute Gasteiger partial charge is 0.394 e. The molecular formula is C21H19N5O2. The molecule has 0 saturated carbocycles. The fourth-order valence-corrected chi connectivity index (χ4v) is 3.02. The van der Waals surface area contributed by atoms with Crippen molar-refractivity contribution in [2.45, 2.75) is 19.9 Å². The Balaban J connectivity index is 2.04. The lowest BCUT2D eigenvalue weighted by atomic mass is 10.1. The highest BCUT2D eigenvalue weighted by Crippen LogP contribution is 2.28. The summed E-state index contributed by atoms with van der Waals surface area (Å²) in [4.78, 5) is 30.9. The van der Waals surface area contributed by atoms with Gasteiger partial charge in [0.1, 0.15) is 5.52 Å². The molecule has 4 rings (SSSR count). The maximum atomic E-state index is 13.1. The van der Waals surface area contributed by atoms with Crippen LogP contribution in [-0.4, -0.2) is 36.2 Å². The second-order valence-electron chi connectivity index (χ2n) is 6.67. The molecule has 0 bridgehead atoms. The first-order valence-corrected chi connectivity index (χ1v) is 8.94. The van der Waals surface area contributed by atoms with Crippen molar-refractivity contribution in [2.75, 3.05) is 6.61 Å². The predicted molar refractivity (Wildman–Crippen MR) is 107 cm³/mol. The van der Waals surface area contributed by atoms with Crippen LogP contribution in [0.4, 0.5) is 0 Å². The molecule has 0 aliphatic rings. The van der Waals surface area contributed by atoms with E-state index < -0.39 is 0 Å². The van der Waals surface area contributed by atoms with E-state index in [1.165, 1.54) is 10.9 Å². The molecule has 28 heavy (non-hydrogen) atoms. The van der Waals surface area contributed by atoms with Crippen LogP contribution in [0, 0.1) is 6.92 Å². The molecule has 0 saturated heterocycles. The summed E-state index contributed by atoms with van der Waals surface area (Å²) in [6.07, 6.45) is 6.58. The van der Waals surface area contributed by atoms with E-state index in [9.17, 15) is 9.90 Å². The summed E-state index contributed by atoms with van der Waals surface area (Å²) in [5.74, 6) is 0. The molecule has 4 aromatic rings. The number of aryl methyl sites for hydroxylation is 1. The standard InChI is InChI=1S/C21H19N5O2/c1-13-5-6-15(10-23-13)18-8-17-20(19(25-18)16-4-3-7-22-9-16)24-12-26(21(17)28)14(2)11-27/h3-10,12,14,27H,11H2,1-2H3. The quantitative estimate of drug-likeness (QED) is 0.591. The number of aliphatic hydroxyl groups excluding tert-OH is 1. The monoisotopic (exact) mass is 373 g/mol. The van der Waals surface area contributed by atoms with Crippen LogP contribution in [0.25, 0.3) is 33.4 Å². The third-order valence-electron chi connectivity index (χ3n) is 4.65. The number of pyridine rings is 3. The topological polar surface area (TPSA) is 93.8 Å². The second-order valence-corrected chi connectivity index (χ2v) is 6.67. The fraction of sp³-hybridized carbons (Fsp3) is 0.190. The van der Waals surface area contributed by atoms with Crippen LogP contribution >= 0.6 is 0 Å². The minimum Gasteiger partial charge on any atom is -0.394 e. The SMILES string of the molecule is Cc1ccc(-c2cc3c(=O)n(C(C)CO)cnc3c(-c3cccnc3)n2)cn1. The minimum absolute atomic E-state index is 0.150. The number of hydrogen-bond acceptors (Lipinski definition) is 6. The highest BCUT2D eigenvalue weighted by Gasteiger charge is 2.16. The van der Waals surface area contributed by atoms with Crippen LogP contribution in [0.2, 0.25) is 0 Å². The zero-order chi connectivity index (χ0) is 19.7. The molecule has 1 unspecified atom stereocenters. The molecule has 140 valence electrons. The highest BCUT2D eigenvalue weighted by molar-refractivity contribution is 5.93. The molecule has 4 heterocycles. The molecule has 0 aromatic carbocycles. The van der Waals surface area contributed by atoms with E-state index in [4.69, 9.17) is 4.98 Å². The maximum Gasteiger partial charge on any atom is 0.261 e. The Kier molecular flexibility index (Phi) is 4.67. The molecule has 0 amide bonds. The molecule has 1 N–H and O–H groups in total. The van der Waals surface area contributed by atoms with Gasteiger partial charge in [0.15, 0.2) is 0 Å². The van der Waals surface area contributed by atoms with E-state index in [0.717, 1.165) is 16.8 Å². The van der Waals surface area contributed by atoms with Gasteiger partial charge in [0.2, 0.25) is 0 Å². The van der Waals surface area contributed by atoms with Gasteiger partial charge in [-0.05, 0) is 44.2 Å². The van der Waals surface area contributed by atoms with Gasteiger partial charge < -0.3 is 5.11 Å². The van der Waals surface area contributed by atoms with E-state index in [2.05, 4.69) is 15.0 Å². The molecule has 0 radical (unpaired) electrons. The van der Waals surface area contributed by atoms with Crippen LogP contribution in [0.15, 0.2) is 60.0 Å². The molecule has 7 heteroatoms. The van der Waals surface area contributed by atoms with Gasteiger partial charge in [-0.1, -0.05) is 0 Å². The van der Waals surface area contributed by atoms with Gasteiger partial charge in [-0.2, -0.15) is 0 Å². The van der Waals surface area contributed by atoms with Gasteiger partial charge in [0.05, 0.1) is 35.8 Å². The minimum atomic E-state index is -0.371. The molecule has 0 fully saturated rings. The van der Waals surface area contributed by atoms with Crippen LogP contribution < -0.4 is 5.56 Å². The molecular weight excluding hydrogens is 354 g/mol. The lowest BCUT2D eigenvalue weighted by Gasteiger charge is -2.14. The summed E-state index contributed by atoms with van der Waals surface area (Å²) in [5, 5.41) is 9.90. The van der Waals surface area contributed by atoms with Crippen LogP contribution in [0.1, 0.15) is 18.7 Å². The van der Waals surface area contributed by atoms with Crippen molar-refractivity contribution in [1.29, 1.82) is 0 Å². The van der Waals surface area contributed by atoms with E-state index in [1.807, 2.05) is 31.2 Å². The van der Waals surface area contributed by atoms with Crippen molar-refractivity contribution in [3.8, 4) is 22.5 Å². The Hall–Kier alpha value is -3.45. The number of aliphatic hydroxyl groups is 1. The number of nitrogens with zero attached hydrogens (tertiary/aromatic N) is 5. The van der Waals surface area contributed by atoms with Gasteiger partial charge in [0.25, 0.3) is 5.56 Å². The first-order chi connectivity index (χ1) is 13.6. The normalized spacial score (nSPS) is 12.2. The summed E-state index contributed by atoms with van der Waals surface area (Å²) in [6, 6.07) is 8.89. The molecule has 1 atom stereocenters. The summed E-state index contributed by atoms with van der Waals surface area (Å²) in [7, 11) is 0. The third-order valence-corrected chi connectivity index (χ3v) is 4.65. The van der Waals surface area contributed by atoms with Crippen molar-refractivity contribution < 1.29 is 5.11 Å². The van der Waals surface area contributed by atoms with Gasteiger partial charge in [-0.25, -0.2) is 9.97 Å². The summed E-state index contributed by atoms with van der Waals surface area (Å²) in [6.45, 7) is 3.53. The summed E-state index contributed by atoms with van der Waals surface area (Å²) >= 11 is 0. The third kappa shape index (κ3) is 3.16. The van der Waals surface area contributed by atoms with Gasteiger partial charge >= 0.3 is 0 Å². The fourth-order valence-electron chi connectivity index (χ4n) is 3.02. The van der Waals surface area contributed by atoms with E-state index in [-0.39, 0.29) is 18.2 Å². The van der Waals surface area contributed by atoms with Crippen molar-refractivity contribution in [3.63, 3.8) is 0 Å². The average molecular weight is 373 g/mol. The number of hydrogen-bond donors (Lipinski definition) is 1. The predicted octanol–water partition coefficient (Wildman–Crippen LogP) is 2.78. The first kappa shape index (κ1) is 17.9. The first-order valence-electron chi connectivity index (χ1n) is 8.94. The lowest BCUT2D eigenvalue weighted by molar-refractivity contribution is 0.236. The molecule has 0 spiro atoms. The van der Waals surface area contributed by atoms with Crippen LogP contribution in [-0.2, 0) is 0 Å².